The summed E-state index contributed by atoms with van der Waals surface area (Å²) in [5.74, 6) is 5.44. The van der Waals surface area contributed by atoms with E-state index >= 15 is 0 Å². The van der Waals surface area contributed by atoms with Gasteiger partial charge in [0.1, 0.15) is 10.3 Å². The molecule has 0 radical (unpaired) electrons. The topological polar surface area (TPSA) is 12.9 Å². The van der Waals surface area contributed by atoms with E-state index in [1.54, 1.807) is 0 Å². The minimum absolute atomic E-state index is 0.541. The van der Waals surface area contributed by atoms with E-state index < -0.39 is 10.0 Å². The van der Waals surface area contributed by atoms with E-state index in [9.17, 15) is 0 Å². The van der Waals surface area contributed by atoms with E-state index in [0.29, 0.717) is 10.3 Å². The average molecular weight is 449 g/mol. The fraction of sp³-hybridized carbons (Fsp3) is 0.792. The quantitative estimate of drug-likeness (QED) is 0.171. The van der Waals surface area contributed by atoms with Gasteiger partial charge in [-0.15, -0.1) is 0 Å². The van der Waals surface area contributed by atoms with Crippen molar-refractivity contribution >= 4 is 33.2 Å². The van der Waals surface area contributed by atoms with Crippen LogP contribution in [0.3, 0.4) is 0 Å². The van der Waals surface area contributed by atoms with Gasteiger partial charge in [-0.1, -0.05) is 102 Å². The van der Waals surface area contributed by atoms with Crippen LogP contribution in [0.25, 0.3) is 0 Å². The van der Waals surface area contributed by atoms with Crippen LogP contribution in [0.1, 0.15) is 103 Å². The van der Waals surface area contributed by atoms with E-state index in [-0.39, 0.29) is 0 Å². The van der Waals surface area contributed by atoms with Gasteiger partial charge in [-0.25, -0.2) is 15.0 Å². The number of halogens is 2. The molecular weight excluding hydrogens is 405 g/mol. The smallest absolute Gasteiger partial charge is 0.131 e. The molecule has 1 nitrogen and oxygen atoms in total. The molecule has 0 aliphatic rings. The molecule has 0 fully saturated rings. The number of nitrogens with zero attached hydrogens (tertiary/aromatic N) is 1. The first-order chi connectivity index (χ1) is 13.5. The standard InChI is InChI=1S/C24H43Cl2NS/c1-4-7-10-13-16-28(17-14-11-8-5-2,18-15-12-9-6-3)21-22-19-23(25)27-24(26)20-22/h19-20H,4-18,21H2,1-3H3. The maximum absolute atomic E-state index is 6.23. The Morgan fingerprint density at radius 1 is 0.643 bits per heavy atom. The van der Waals surface area contributed by atoms with Gasteiger partial charge >= 0.3 is 0 Å². The Morgan fingerprint density at radius 3 is 1.39 bits per heavy atom. The highest BCUT2D eigenvalue weighted by Crippen LogP contribution is 2.54. The van der Waals surface area contributed by atoms with Crippen LogP contribution < -0.4 is 0 Å². The van der Waals surface area contributed by atoms with Crippen LogP contribution in [0.5, 0.6) is 0 Å². The van der Waals surface area contributed by atoms with Crippen LogP contribution in [0.2, 0.25) is 10.3 Å². The molecule has 4 heteroatoms. The minimum Gasteiger partial charge on any atom is -0.237 e. The zero-order chi connectivity index (χ0) is 20.7. The zero-order valence-electron chi connectivity index (χ0n) is 18.6. The molecule has 0 N–H and O–H groups in total. The van der Waals surface area contributed by atoms with Crippen molar-refractivity contribution in [1.29, 1.82) is 0 Å². The van der Waals surface area contributed by atoms with Gasteiger partial charge in [0.25, 0.3) is 0 Å². The fourth-order valence-electron chi connectivity index (χ4n) is 3.98. The molecule has 0 aromatic carbocycles. The molecule has 1 aromatic heterocycles. The normalized spacial score (nSPS) is 12.5. The van der Waals surface area contributed by atoms with Crippen LogP contribution >= 0.6 is 33.2 Å². The van der Waals surface area contributed by atoms with E-state index in [0.717, 1.165) is 0 Å². The Hall–Kier alpha value is 0.0800. The van der Waals surface area contributed by atoms with Crippen LogP contribution in [0.4, 0.5) is 0 Å². The highest BCUT2D eigenvalue weighted by Gasteiger charge is 2.24. The first kappa shape index (κ1) is 26.1. The number of pyridine rings is 1. The lowest BCUT2D eigenvalue weighted by molar-refractivity contribution is 0.687. The van der Waals surface area contributed by atoms with E-state index in [4.69, 9.17) is 23.2 Å². The van der Waals surface area contributed by atoms with Crippen molar-refractivity contribution in [2.24, 2.45) is 0 Å². The summed E-state index contributed by atoms with van der Waals surface area (Å²) in [6, 6.07) is 4.11. The molecule has 0 aliphatic heterocycles. The molecule has 0 amide bonds. The fourth-order valence-corrected chi connectivity index (χ4v) is 8.85. The predicted octanol–water partition coefficient (Wildman–Crippen LogP) is 9.43. The number of rotatable bonds is 17. The molecule has 0 saturated heterocycles. The Morgan fingerprint density at radius 2 is 1.04 bits per heavy atom. The summed E-state index contributed by atoms with van der Waals surface area (Å²) in [6.45, 7) is 6.91. The van der Waals surface area contributed by atoms with Gasteiger partial charge in [0.2, 0.25) is 0 Å². The van der Waals surface area contributed by atoms with E-state index in [2.05, 4.69) is 37.9 Å². The third-order valence-corrected chi connectivity index (χ3v) is 10.4. The molecule has 0 aliphatic carbocycles. The van der Waals surface area contributed by atoms with E-state index in [1.807, 2.05) is 0 Å². The molecular formula is C24H43Cl2NS. The summed E-state index contributed by atoms with van der Waals surface area (Å²) in [7, 11) is -0.670. The second-order valence-electron chi connectivity index (χ2n) is 8.28. The number of aromatic nitrogens is 1. The summed E-state index contributed by atoms with van der Waals surface area (Å²) in [4.78, 5) is 4.16. The third-order valence-electron chi connectivity index (χ3n) is 5.59. The molecule has 1 aromatic rings. The van der Waals surface area contributed by atoms with E-state index in [1.165, 1.54) is 106 Å². The van der Waals surface area contributed by atoms with Gasteiger partial charge in [0.15, 0.2) is 0 Å². The Kier molecular flexibility index (Phi) is 14.8. The summed E-state index contributed by atoms with van der Waals surface area (Å²) in [6.07, 6.45) is 16.3. The monoisotopic (exact) mass is 447 g/mol. The highest BCUT2D eigenvalue weighted by atomic mass is 35.5. The van der Waals surface area contributed by atoms with Crippen molar-refractivity contribution in [2.75, 3.05) is 17.3 Å². The predicted molar refractivity (Wildman–Crippen MR) is 133 cm³/mol. The summed E-state index contributed by atoms with van der Waals surface area (Å²) in [5.41, 5.74) is 1.31. The maximum Gasteiger partial charge on any atom is 0.131 e. The maximum atomic E-state index is 6.23. The molecule has 0 saturated carbocycles. The Balaban J connectivity index is 2.92. The van der Waals surface area contributed by atoms with Crippen molar-refractivity contribution < 1.29 is 0 Å². The van der Waals surface area contributed by atoms with Crippen molar-refractivity contribution in [3.63, 3.8) is 0 Å². The molecule has 0 spiro atoms. The average Bonchev–Trinajstić information content (AvgIpc) is 2.65. The minimum atomic E-state index is -0.670. The second-order valence-corrected chi connectivity index (χ2v) is 13.0. The zero-order valence-corrected chi connectivity index (χ0v) is 20.9. The van der Waals surface area contributed by atoms with Crippen molar-refractivity contribution in [3.05, 3.63) is 28.0 Å². The van der Waals surface area contributed by atoms with Gasteiger partial charge in [-0.2, -0.15) is 0 Å². The molecule has 0 unspecified atom stereocenters. The largest absolute Gasteiger partial charge is 0.237 e. The summed E-state index contributed by atoms with van der Waals surface area (Å²) in [5, 5.41) is 1.08. The third kappa shape index (κ3) is 11.3. The Labute approximate surface area is 186 Å². The number of hydrogen-bond donors (Lipinski definition) is 0. The van der Waals surface area contributed by atoms with Crippen molar-refractivity contribution in [1.82, 2.24) is 4.98 Å². The second kappa shape index (κ2) is 15.9. The van der Waals surface area contributed by atoms with Crippen LogP contribution in [0, 0.1) is 0 Å². The first-order valence-corrected chi connectivity index (χ1v) is 14.7. The lowest BCUT2D eigenvalue weighted by atomic mass is 10.2. The van der Waals surface area contributed by atoms with Gasteiger partial charge in [-0.3, -0.25) is 0 Å². The summed E-state index contributed by atoms with van der Waals surface area (Å²) < 4.78 is 0. The number of hydrogen-bond acceptors (Lipinski definition) is 1. The molecule has 164 valence electrons. The molecule has 1 rings (SSSR count). The van der Waals surface area contributed by atoms with Gasteiger partial charge in [-0.05, 0) is 54.2 Å². The van der Waals surface area contributed by atoms with Crippen molar-refractivity contribution in [2.45, 2.75) is 104 Å². The lowest BCUT2D eigenvalue weighted by Gasteiger charge is -2.41. The molecule has 1 heterocycles. The molecule has 28 heavy (non-hydrogen) atoms. The van der Waals surface area contributed by atoms with Crippen LogP contribution in [-0.4, -0.2) is 22.2 Å². The van der Waals surface area contributed by atoms with Gasteiger partial charge in [0.05, 0.1) is 0 Å². The molecule has 0 atom stereocenters. The summed E-state index contributed by atoms with van der Waals surface area (Å²) >= 11 is 12.5. The molecule has 0 bridgehead atoms. The SMILES string of the molecule is CCCCCCS(CCCCCC)(CCCCCC)Cc1cc(Cl)nc(Cl)c1. The van der Waals surface area contributed by atoms with Crippen LogP contribution in [0.15, 0.2) is 12.1 Å². The Bertz CT molecular complexity index is 470. The van der Waals surface area contributed by atoms with Crippen molar-refractivity contribution in [3.8, 4) is 0 Å². The van der Waals surface area contributed by atoms with Gasteiger partial charge < -0.3 is 0 Å². The first-order valence-electron chi connectivity index (χ1n) is 11.6. The lowest BCUT2D eigenvalue weighted by Crippen LogP contribution is -2.17. The van der Waals surface area contributed by atoms with Gasteiger partial charge in [0, 0.05) is 5.75 Å². The highest BCUT2D eigenvalue weighted by molar-refractivity contribution is 8.33. The van der Waals surface area contributed by atoms with Crippen LogP contribution in [-0.2, 0) is 5.75 Å². The number of unbranched alkanes of at least 4 members (excludes halogenated alkanes) is 9.